The molecular weight excluding hydrogens is 349 g/mol. The summed E-state index contributed by atoms with van der Waals surface area (Å²) in [6, 6.07) is 6.84. The number of nitrogens with zero attached hydrogens (tertiary/aromatic N) is 3. The Labute approximate surface area is 159 Å². The fourth-order valence-corrected chi connectivity index (χ4v) is 3.71. The van der Waals surface area contributed by atoms with E-state index in [9.17, 15) is 14.0 Å². The third-order valence-corrected chi connectivity index (χ3v) is 5.54. The molecule has 0 radical (unpaired) electrons. The SMILES string of the molecule is CN(C)C(=O)CN1CCOC2(CCN(Cc3ccccc3F)CC2)CC1=O. The second-order valence-electron chi connectivity index (χ2n) is 7.68. The topological polar surface area (TPSA) is 53.1 Å². The predicted molar refractivity (Wildman–Crippen MR) is 99.5 cm³/mol. The fraction of sp³-hybridized carbons (Fsp3) is 0.600. The van der Waals surface area contributed by atoms with Crippen molar-refractivity contribution in [3.05, 3.63) is 35.6 Å². The van der Waals surface area contributed by atoms with Crippen molar-refractivity contribution in [1.82, 2.24) is 14.7 Å². The highest BCUT2D eigenvalue weighted by atomic mass is 19.1. The molecule has 27 heavy (non-hydrogen) atoms. The molecule has 2 heterocycles. The van der Waals surface area contributed by atoms with Crippen molar-refractivity contribution in [3.63, 3.8) is 0 Å². The van der Waals surface area contributed by atoms with Crippen molar-refractivity contribution < 1.29 is 18.7 Å². The molecule has 2 fully saturated rings. The van der Waals surface area contributed by atoms with Gasteiger partial charge in [0.05, 0.1) is 25.2 Å². The van der Waals surface area contributed by atoms with E-state index in [-0.39, 0.29) is 24.2 Å². The number of hydrogen-bond donors (Lipinski definition) is 0. The summed E-state index contributed by atoms with van der Waals surface area (Å²) in [5.74, 6) is -0.288. The molecule has 0 unspecified atom stereocenters. The van der Waals surface area contributed by atoms with E-state index in [1.807, 2.05) is 12.1 Å². The number of hydrogen-bond acceptors (Lipinski definition) is 4. The van der Waals surface area contributed by atoms with Crippen LogP contribution in [0, 0.1) is 5.82 Å². The molecule has 1 spiro atoms. The highest BCUT2D eigenvalue weighted by molar-refractivity contribution is 5.85. The summed E-state index contributed by atoms with van der Waals surface area (Å²) >= 11 is 0. The zero-order valence-corrected chi connectivity index (χ0v) is 16.1. The maximum atomic E-state index is 13.9. The molecule has 0 aromatic heterocycles. The Bertz CT molecular complexity index is 687. The van der Waals surface area contributed by atoms with Gasteiger partial charge in [0.15, 0.2) is 0 Å². The van der Waals surface area contributed by atoms with Crippen molar-refractivity contribution in [2.24, 2.45) is 0 Å². The highest BCUT2D eigenvalue weighted by Crippen LogP contribution is 2.33. The second kappa shape index (κ2) is 8.35. The van der Waals surface area contributed by atoms with E-state index in [2.05, 4.69) is 4.90 Å². The summed E-state index contributed by atoms with van der Waals surface area (Å²) in [6.07, 6.45) is 1.78. The molecule has 2 saturated heterocycles. The number of piperidine rings is 1. The van der Waals surface area contributed by atoms with Gasteiger partial charge in [0.1, 0.15) is 5.82 Å². The lowest BCUT2D eigenvalue weighted by molar-refractivity contribution is -0.140. The molecule has 1 aromatic rings. The van der Waals surface area contributed by atoms with Crippen molar-refractivity contribution in [2.75, 3.05) is 46.9 Å². The van der Waals surface area contributed by atoms with Crippen LogP contribution in [0.5, 0.6) is 0 Å². The minimum absolute atomic E-state index is 0.0229. The monoisotopic (exact) mass is 377 g/mol. The number of carbonyl (C=O) groups excluding carboxylic acids is 2. The van der Waals surface area contributed by atoms with Crippen LogP contribution >= 0.6 is 0 Å². The number of likely N-dealkylation sites (N-methyl/N-ethyl adjacent to an activating group) is 1. The number of rotatable bonds is 4. The average Bonchev–Trinajstić information content (AvgIpc) is 2.78. The lowest BCUT2D eigenvalue weighted by atomic mass is 9.87. The first-order valence-electron chi connectivity index (χ1n) is 9.46. The number of benzene rings is 1. The molecule has 2 aliphatic heterocycles. The van der Waals surface area contributed by atoms with Crippen LogP contribution in [0.2, 0.25) is 0 Å². The summed E-state index contributed by atoms with van der Waals surface area (Å²) in [5, 5.41) is 0. The van der Waals surface area contributed by atoms with E-state index in [1.165, 1.54) is 11.0 Å². The minimum atomic E-state index is -0.460. The number of halogens is 1. The standard InChI is InChI=1S/C20H28FN3O3/c1-22(2)19(26)15-24-11-12-27-20(13-18(24)25)7-9-23(10-8-20)14-16-5-3-4-6-17(16)21/h3-6H,7-15H2,1-2H3. The van der Waals surface area contributed by atoms with E-state index in [0.717, 1.165) is 25.9 Å². The van der Waals surface area contributed by atoms with Gasteiger partial charge in [-0.15, -0.1) is 0 Å². The zero-order valence-electron chi connectivity index (χ0n) is 16.1. The van der Waals surface area contributed by atoms with Crippen LogP contribution in [0.1, 0.15) is 24.8 Å². The minimum Gasteiger partial charge on any atom is -0.373 e. The smallest absolute Gasteiger partial charge is 0.241 e. The quantitative estimate of drug-likeness (QED) is 0.798. The van der Waals surface area contributed by atoms with Gasteiger partial charge in [-0.05, 0) is 18.9 Å². The van der Waals surface area contributed by atoms with E-state index in [1.54, 1.807) is 25.1 Å². The summed E-state index contributed by atoms with van der Waals surface area (Å²) in [4.78, 5) is 29.9. The maximum absolute atomic E-state index is 13.9. The van der Waals surface area contributed by atoms with Gasteiger partial charge in [0.2, 0.25) is 11.8 Å². The van der Waals surface area contributed by atoms with Gasteiger partial charge in [-0.25, -0.2) is 4.39 Å². The normalized spacial score (nSPS) is 20.6. The third-order valence-electron chi connectivity index (χ3n) is 5.54. The van der Waals surface area contributed by atoms with E-state index >= 15 is 0 Å². The summed E-state index contributed by atoms with van der Waals surface area (Å²) in [6.45, 7) is 3.08. The van der Waals surface area contributed by atoms with Crippen LogP contribution in [0.15, 0.2) is 24.3 Å². The zero-order chi connectivity index (χ0) is 19.4. The molecule has 0 atom stereocenters. The van der Waals surface area contributed by atoms with Crippen LogP contribution in [0.25, 0.3) is 0 Å². The van der Waals surface area contributed by atoms with Crippen molar-refractivity contribution >= 4 is 11.8 Å². The van der Waals surface area contributed by atoms with E-state index < -0.39 is 5.60 Å². The first kappa shape index (κ1) is 19.8. The molecule has 2 amide bonds. The molecule has 0 N–H and O–H groups in total. The van der Waals surface area contributed by atoms with E-state index in [0.29, 0.717) is 31.7 Å². The van der Waals surface area contributed by atoms with Gasteiger partial charge in [-0.2, -0.15) is 0 Å². The Balaban J connectivity index is 1.57. The van der Waals surface area contributed by atoms with E-state index in [4.69, 9.17) is 4.74 Å². The first-order valence-corrected chi connectivity index (χ1v) is 9.46. The lowest BCUT2D eigenvalue weighted by Crippen LogP contribution is -2.47. The summed E-state index contributed by atoms with van der Waals surface area (Å²) in [5.41, 5.74) is 0.235. The Morgan fingerprint density at radius 1 is 1.22 bits per heavy atom. The molecule has 2 aliphatic rings. The van der Waals surface area contributed by atoms with Gasteiger partial charge in [-0.3, -0.25) is 14.5 Å². The second-order valence-corrected chi connectivity index (χ2v) is 7.68. The van der Waals surface area contributed by atoms with Crippen LogP contribution in [0.4, 0.5) is 4.39 Å². The van der Waals surface area contributed by atoms with Gasteiger partial charge < -0.3 is 14.5 Å². The van der Waals surface area contributed by atoms with Crippen LogP contribution in [-0.4, -0.2) is 79.0 Å². The molecule has 6 nitrogen and oxygen atoms in total. The van der Waals surface area contributed by atoms with Gasteiger partial charge in [0, 0.05) is 45.8 Å². The Hall–Kier alpha value is -1.99. The van der Waals surface area contributed by atoms with Gasteiger partial charge in [0.25, 0.3) is 0 Å². The van der Waals surface area contributed by atoms with Crippen LogP contribution < -0.4 is 0 Å². The number of ether oxygens (including phenoxy) is 1. The molecular formula is C20H28FN3O3. The van der Waals surface area contributed by atoms with Crippen molar-refractivity contribution in [1.29, 1.82) is 0 Å². The molecule has 0 aliphatic carbocycles. The predicted octanol–water partition coefficient (Wildman–Crippen LogP) is 1.50. The molecule has 7 heteroatoms. The van der Waals surface area contributed by atoms with Crippen molar-refractivity contribution in [3.8, 4) is 0 Å². The van der Waals surface area contributed by atoms with Gasteiger partial charge >= 0.3 is 0 Å². The highest BCUT2D eigenvalue weighted by Gasteiger charge is 2.41. The number of likely N-dealkylation sites (tertiary alicyclic amines) is 1. The van der Waals surface area contributed by atoms with Gasteiger partial charge in [-0.1, -0.05) is 18.2 Å². The van der Waals surface area contributed by atoms with Crippen LogP contribution in [-0.2, 0) is 20.9 Å². The average molecular weight is 377 g/mol. The lowest BCUT2D eigenvalue weighted by Gasteiger charge is -2.40. The number of amides is 2. The Morgan fingerprint density at radius 2 is 1.93 bits per heavy atom. The fourth-order valence-electron chi connectivity index (χ4n) is 3.71. The van der Waals surface area contributed by atoms with Crippen molar-refractivity contribution in [2.45, 2.75) is 31.4 Å². The molecule has 0 saturated carbocycles. The molecule has 0 bridgehead atoms. The number of carbonyl (C=O) groups is 2. The summed E-state index contributed by atoms with van der Waals surface area (Å²) < 4.78 is 20.0. The molecule has 3 rings (SSSR count). The first-order chi connectivity index (χ1) is 12.9. The Morgan fingerprint density at radius 3 is 2.59 bits per heavy atom. The summed E-state index contributed by atoms with van der Waals surface area (Å²) in [7, 11) is 3.38. The van der Waals surface area contributed by atoms with Crippen LogP contribution in [0.3, 0.4) is 0 Å². The maximum Gasteiger partial charge on any atom is 0.241 e. The largest absolute Gasteiger partial charge is 0.373 e. The molecule has 148 valence electrons. The third kappa shape index (κ3) is 4.84. The molecule has 1 aromatic carbocycles. The Kier molecular flexibility index (Phi) is 6.11.